The smallest absolute Gasteiger partial charge is 0.0641 e. The topological polar surface area (TPSA) is 15.3 Å². The van der Waals surface area contributed by atoms with Crippen LogP contribution in [-0.4, -0.2) is 8.80 Å². The van der Waals surface area contributed by atoms with Gasteiger partial charge in [-0.3, -0.25) is 0 Å². The highest BCUT2D eigenvalue weighted by Crippen LogP contribution is 2.57. The summed E-state index contributed by atoms with van der Waals surface area (Å²) in [4.78, 5) is 5.19. The largest absolute Gasteiger partial charge is 0.309 e. The van der Waals surface area contributed by atoms with Gasteiger partial charge >= 0.3 is 0 Å². The lowest BCUT2D eigenvalue weighted by atomic mass is 9.86. The second-order valence-electron chi connectivity index (χ2n) is 27.9. The van der Waals surface area contributed by atoms with Crippen LogP contribution >= 0.6 is 0 Å². The second-order valence-corrected chi connectivity index (χ2v) is 27.9. The van der Waals surface area contributed by atoms with Crippen molar-refractivity contribution < 1.29 is 0 Å². The van der Waals surface area contributed by atoms with E-state index in [9.17, 15) is 0 Å². The van der Waals surface area contributed by atoms with Gasteiger partial charge in [0.25, 0.3) is 0 Å². The van der Waals surface area contributed by atoms with Gasteiger partial charge in [-0.1, -0.05) is 260 Å². The minimum absolute atomic E-state index is 0.0978. The molecular weight excluding hydrogens is 1140 g/mol. The standard InChI is InChI=1S/C90H66N4/c1-89(2,3)57-43-47-75-73(51-57)83-77(91(59-31-15-9-16-32-59)85-67-41-25-21-37-63(67)61-35-19-23-39-65(61)81(85)55-27-11-7-12-28-55)49-45-69-71-54-80-72(53-79(71)93(75)87(69)83)70-46-50-78(84-74-52-58(90(4,5)6)44-48-76(74)94(80)88(70)84)92(60-33-17-10-18-34-60)86-68-42-26-22-38-64(68)62-36-20-24-40-66(62)82(86)56-29-13-8-14-30-56/h7-54H,1-6H3. The highest BCUT2D eigenvalue weighted by Gasteiger charge is 2.33. The van der Waals surface area contributed by atoms with Crippen molar-refractivity contribution >= 4 is 153 Å². The van der Waals surface area contributed by atoms with Crippen molar-refractivity contribution in [1.82, 2.24) is 8.80 Å². The van der Waals surface area contributed by atoms with Crippen molar-refractivity contribution in [1.29, 1.82) is 0 Å². The van der Waals surface area contributed by atoms with Crippen LogP contribution in [0.25, 0.3) is 142 Å². The molecule has 19 rings (SSSR count). The summed E-state index contributed by atoms with van der Waals surface area (Å²) >= 11 is 0. The summed E-state index contributed by atoms with van der Waals surface area (Å²) in [7, 11) is 0. The first-order chi connectivity index (χ1) is 46.0. The third-order valence-corrected chi connectivity index (χ3v) is 20.6. The van der Waals surface area contributed by atoms with E-state index in [0.717, 1.165) is 34.1 Å². The number of rotatable bonds is 8. The first-order valence-corrected chi connectivity index (χ1v) is 33.1. The molecule has 0 aliphatic carbocycles. The van der Waals surface area contributed by atoms with E-state index in [0.29, 0.717) is 0 Å². The number of hydrogen-bond acceptors (Lipinski definition) is 2. The molecule has 0 radical (unpaired) electrons. The van der Waals surface area contributed by atoms with Crippen LogP contribution in [0.5, 0.6) is 0 Å². The minimum Gasteiger partial charge on any atom is -0.309 e. The number of fused-ring (bicyclic) bond motifs is 18. The molecule has 19 aromatic rings. The van der Waals surface area contributed by atoms with Crippen LogP contribution in [0.3, 0.4) is 0 Å². The van der Waals surface area contributed by atoms with Crippen molar-refractivity contribution in [3.63, 3.8) is 0 Å². The molecule has 4 aromatic heterocycles. The molecule has 0 atom stereocenters. The molecule has 0 spiro atoms. The third kappa shape index (κ3) is 7.74. The molecule has 0 bridgehead atoms. The summed E-state index contributed by atoms with van der Waals surface area (Å²) in [6, 6.07) is 110. The van der Waals surface area contributed by atoms with Crippen LogP contribution in [0.2, 0.25) is 0 Å². The van der Waals surface area contributed by atoms with Crippen LogP contribution in [-0.2, 0) is 10.8 Å². The predicted octanol–water partition coefficient (Wildman–Crippen LogP) is 25.5. The average Bonchev–Trinajstić information content (AvgIpc) is 1.51. The van der Waals surface area contributed by atoms with Crippen molar-refractivity contribution in [3.8, 4) is 22.3 Å². The zero-order valence-electron chi connectivity index (χ0n) is 53.5. The van der Waals surface area contributed by atoms with Gasteiger partial charge in [0.1, 0.15) is 0 Å². The molecule has 0 saturated heterocycles. The fourth-order valence-electron chi connectivity index (χ4n) is 16.3. The van der Waals surface area contributed by atoms with Gasteiger partial charge in [-0.2, -0.15) is 0 Å². The van der Waals surface area contributed by atoms with E-state index in [2.05, 4.69) is 351 Å². The molecule has 94 heavy (non-hydrogen) atoms. The SMILES string of the molecule is CC(C)(C)c1ccc2c(c1)c1c(N(c3ccccc3)c3c(-c4ccccc4)c4ccccc4c4ccccc34)ccc3c4cc5c(cc4n2c31)c1ccc(N(c2ccccc2)c2c(-c3ccccc3)c3ccccc3c3ccccc23)c2c3cc(C(C)(C)C)ccc3n5c12. The third-order valence-electron chi connectivity index (χ3n) is 20.6. The summed E-state index contributed by atoms with van der Waals surface area (Å²) in [6.45, 7) is 14.0. The van der Waals surface area contributed by atoms with E-state index >= 15 is 0 Å². The maximum absolute atomic E-state index is 2.62. The molecule has 15 aromatic carbocycles. The first kappa shape index (κ1) is 54.3. The van der Waals surface area contributed by atoms with Gasteiger partial charge in [0.15, 0.2) is 0 Å². The Morgan fingerprint density at radius 2 is 0.564 bits per heavy atom. The predicted molar refractivity (Wildman–Crippen MR) is 403 cm³/mol. The fourth-order valence-corrected chi connectivity index (χ4v) is 16.3. The molecule has 446 valence electrons. The van der Waals surface area contributed by atoms with Crippen LogP contribution in [0, 0.1) is 0 Å². The summed E-state index contributed by atoms with van der Waals surface area (Å²) in [6.07, 6.45) is 0. The highest BCUT2D eigenvalue weighted by molar-refractivity contribution is 6.34. The van der Waals surface area contributed by atoms with Gasteiger partial charge in [0.2, 0.25) is 0 Å². The fraction of sp³-hybridized carbons (Fsp3) is 0.0889. The molecule has 0 fully saturated rings. The Kier molecular flexibility index (Phi) is 11.6. The van der Waals surface area contributed by atoms with Crippen LogP contribution < -0.4 is 9.80 Å². The van der Waals surface area contributed by atoms with Gasteiger partial charge in [-0.05, 0) is 138 Å². The second kappa shape index (κ2) is 20.0. The number of hydrogen-bond donors (Lipinski definition) is 0. The van der Waals surface area contributed by atoms with E-state index in [4.69, 9.17) is 0 Å². The molecule has 4 nitrogen and oxygen atoms in total. The van der Waals surface area contributed by atoms with Gasteiger partial charge in [-0.25, -0.2) is 0 Å². The number of benzene rings is 15. The number of nitrogens with zero attached hydrogens (tertiary/aromatic N) is 4. The lowest BCUT2D eigenvalue weighted by Crippen LogP contribution is -2.13. The van der Waals surface area contributed by atoms with E-state index in [1.165, 1.54) is 153 Å². The first-order valence-electron chi connectivity index (χ1n) is 33.1. The van der Waals surface area contributed by atoms with Crippen LogP contribution in [0.4, 0.5) is 34.1 Å². The maximum Gasteiger partial charge on any atom is 0.0641 e. The molecule has 0 amide bonds. The highest BCUT2D eigenvalue weighted by atomic mass is 15.2. The molecule has 0 unspecified atom stereocenters. The molecule has 4 heterocycles. The van der Waals surface area contributed by atoms with Crippen LogP contribution in [0.15, 0.2) is 291 Å². The molecular formula is C90H66N4. The van der Waals surface area contributed by atoms with E-state index in [1.807, 2.05) is 0 Å². The lowest BCUT2D eigenvalue weighted by molar-refractivity contribution is 0.591. The Hall–Kier alpha value is -11.5. The van der Waals surface area contributed by atoms with Crippen LogP contribution in [0.1, 0.15) is 52.7 Å². The monoisotopic (exact) mass is 1200 g/mol. The minimum atomic E-state index is -0.0978. The lowest BCUT2D eigenvalue weighted by Gasteiger charge is -2.31. The van der Waals surface area contributed by atoms with E-state index in [1.54, 1.807) is 0 Å². The molecule has 0 aliphatic heterocycles. The Labute approximate surface area is 545 Å². The summed E-state index contributed by atoms with van der Waals surface area (Å²) in [5, 5.41) is 19.7. The Bertz CT molecular complexity index is 5900. The molecule has 0 aliphatic rings. The van der Waals surface area contributed by atoms with Gasteiger partial charge in [0, 0.05) is 76.4 Å². The Balaban J connectivity index is 0.940. The molecule has 4 heteroatoms. The van der Waals surface area contributed by atoms with Gasteiger partial charge < -0.3 is 18.6 Å². The molecule has 0 saturated carbocycles. The van der Waals surface area contributed by atoms with E-state index in [-0.39, 0.29) is 10.8 Å². The normalized spacial score (nSPS) is 12.6. The number of para-hydroxylation sites is 2. The Morgan fingerprint density at radius 1 is 0.245 bits per heavy atom. The number of anilines is 6. The summed E-state index contributed by atoms with van der Waals surface area (Å²) < 4.78 is 5.23. The van der Waals surface area contributed by atoms with E-state index < -0.39 is 0 Å². The van der Waals surface area contributed by atoms with Crippen molar-refractivity contribution in [2.45, 2.75) is 52.4 Å². The van der Waals surface area contributed by atoms with Crippen molar-refractivity contribution in [2.24, 2.45) is 0 Å². The number of aromatic nitrogens is 2. The van der Waals surface area contributed by atoms with Crippen molar-refractivity contribution in [3.05, 3.63) is 302 Å². The van der Waals surface area contributed by atoms with Gasteiger partial charge in [-0.15, -0.1) is 0 Å². The quantitative estimate of drug-likeness (QED) is 0.141. The van der Waals surface area contributed by atoms with Crippen molar-refractivity contribution in [2.75, 3.05) is 9.80 Å². The zero-order chi connectivity index (χ0) is 62.9. The maximum atomic E-state index is 2.62. The summed E-state index contributed by atoms with van der Waals surface area (Å²) in [5.41, 5.74) is 21.2. The zero-order valence-corrected chi connectivity index (χ0v) is 53.5. The average molecular weight is 1200 g/mol. The summed E-state index contributed by atoms with van der Waals surface area (Å²) in [5.74, 6) is 0. The Morgan fingerprint density at radius 3 is 0.926 bits per heavy atom. The van der Waals surface area contributed by atoms with Gasteiger partial charge in [0.05, 0.1) is 55.8 Å². The molecule has 0 N–H and O–H groups in total.